The van der Waals surface area contributed by atoms with Crippen LogP contribution in [0.5, 0.6) is 0 Å². The minimum atomic E-state index is -4.56. The van der Waals surface area contributed by atoms with Crippen LogP contribution in [0, 0.1) is 0 Å². The summed E-state index contributed by atoms with van der Waals surface area (Å²) in [6.07, 6.45) is -5.44. The summed E-state index contributed by atoms with van der Waals surface area (Å²) in [5, 5.41) is 10.2. The number of nitrogens with zero attached hydrogens (tertiary/aromatic N) is 1. The fraction of sp³-hybridized carbons (Fsp3) is 0.600. The average Bonchev–Trinajstić information content (AvgIpc) is 1.84. The second-order valence-electron chi connectivity index (χ2n) is 1.77. The topological polar surface area (TPSA) is 58.9 Å². The first kappa shape index (κ1) is 10.7. The van der Waals surface area contributed by atoms with Gasteiger partial charge in [-0.3, -0.25) is 4.79 Å². The van der Waals surface area contributed by atoms with Crippen molar-refractivity contribution >= 4 is 12.2 Å². The Labute approximate surface area is 65.6 Å². The molecule has 1 N–H and O–H groups in total. The van der Waals surface area contributed by atoms with Gasteiger partial charge in [-0.15, -0.1) is 0 Å². The van der Waals surface area contributed by atoms with Crippen LogP contribution in [0.1, 0.15) is 6.42 Å². The normalized spacial score (nSPS) is 11.9. The molecule has 0 rings (SSSR count). The third-order valence-corrected chi connectivity index (χ3v) is 0.745. The van der Waals surface area contributed by atoms with E-state index in [0.29, 0.717) is 0 Å². The van der Waals surface area contributed by atoms with Gasteiger partial charge in [-0.2, -0.15) is 13.2 Å². The Kier molecular flexibility index (Phi) is 4.09. The fourth-order valence-corrected chi connectivity index (χ4v) is 0.378. The first-order valence-electron chi connectivity index (χ1n) is 2.84. The Morgan fingerprint density at radius 3 is 2.58 bits per heavy atom. The predicted octanol–water partition coefficient (Wildman–Crippen LogP) is 0.942. The zero-order chi connectivity index (χ0) is 9.61. The molecule has 4 nitrogen and oxygen atoms in total. The molecule has 0 aromatic carbocycles. The monoisotopic (exact) mass is 185 g/mol. The van der Waals surface area contributed by atoms with E-state index in [0.717, 1.165) is 6.21 Å². The number of rotatable bonds is 3. The van der Waals surface area contributed by atoms with Crippen LogP contribution in [0.3, 0.4) is 0 Å². The highest BCUT2D eigenvalue weighted by Gasteiger charge is 2.31. The van der Waals surface area contributed by atoms with Gasteiger partial charge in [0.05, 0.1) is 6.21 Å². The van der Waals surface area contributed by atoms with Crippen molar-refractivity contribution in [1.29, 1.82) is 0 Å². The van der Waals surface area contributed by atoms with Crippen molar-refractivity contribution in [3.63, 3.8) is 0 Å². The van der Waals surface area contributed by atoms with Gasteiger partial charge >= 0.3 is 12.1 Å². The maximum Gasteiger partial charge on any atom is 0.399 e. The van der Waals surface area contributed by atoms with Gasteiger partial charge in [-0.1, -0.05) is 5.16 Å². The van der Waals surface area contributed by atoms with E-state index >= 15 is 0 Å². The van der Waals surface area contributed by atoms with Crippen molar-refractivity contribution in [2.45, 2.75) is 12.6 Å². The Bertz CT molecular complexity index is 177. The highest BCUT2D eigenvalue weighted by atomic mass is 19.4. The lowest BCUT2D eigenvalue weighted by Crippen LogP contribution is -2.17. The van der Waals surface area contributed by atoms with Crippen molar-refractivity contribution < 1.29 is 27.9 Å². The van der Waals surface area contributed by atoms with Crippen LogP contribution in [0.2, 0.25) is 0 Å². The Morgan fingerprint density at radius 1 is 1.58 bits per heavy atom. The first-order valence-corrected chi connectivity index (χ1v) is 2.84. The number of carbonyl (C=O) groups excluding carboxylic acids is 1. The summed E-state index contributed by atoms with van der Waals surface area (Å²) < 4.78 is 38.3. The quantitative estimate of drug-likeness (QED) is 0.308. The Morgan fingerprint density at radius 2 is 2.17 bits per heavy atom. The lowest BCUT2D eigenvalue weighted by atomic mass is 10.4. The van der Waals surface area contributed by atoms with Crippen LogP contribution in [0.15, 0.2) is 5.16 Å². The lowest BCUT2D eigenvalue weighted by Gasteiger charge is -2.04. The average molecular weight is 185 g/mol. The molecule has 0 aliphatic rings. The van der Waals surface area contributed by atoms with Crippen LogP contribution in [-0.2, 0) is 9.53 Å². The summed E-state index contributed by atoms with van der Waals surface area (Å²) in [7, 11) is 0. The van der Waals surface area contributed by atoms with E-state index in [1.54, 1.807) is 0 Å². The molecule has 12 heavy (non-hydrogen) atoms. The highest BCUT2D eigenvalue weighted by molar-refractivity contribution is 5.72. The van der Waals surface area contributed by atoms with E-state index < -0.39 is 25.2 Å². The summed E-state index contributed by atoms with van der Waals surface area (Å²) in [6, 6.07) is 0. The fourth-order valence-electron chi connectivity index (χ4n) is 0.378. The number of hydrogen-bond acceptors (Lipinski definition) is 4. The number of carbonyl (C=O) groups is 1. The number of esters is 1. The van der Waals surface area contributed by atoms with Crippen molar-refractivity contribution in [2.75, 3.05) is 6.61 Å². The van der Waals surface area contributed by atoms with Gasteiger partial charge in [0.2, 0.25) is 0 Å². The van der Waals surface area contributed by atoms with E-state index in [-0.39, 0.29) is 0 Å². The van der Waals surface area contributed by atoms with Gasteiger partial charge in [0.15, 0.2) is 0 Å². The lowest BCUT2D eigenvalue weighted by molar-refractivity contribution is -0.169. The second-order valence-corrected chi connectivity index (χ2v) is 1.77. The third kappa shape index (κ3) is 6.84. The van der Waals surface area contributed by atoms with Crippen LogP contribution < -0.4 is 0 Å². The molecule has 0 atom stereocenters. The molecule has 0 spiro atoms. The van der Waals surface area contributed by atoms with Gasteiger partial charge < -0.3 is 9.94 Å². The van der Waals surface area contributed by atoms with E-state index in [4.69, 9.17) is 5.21 Å². The SMILES string of the molecule is O=C(CC(F)(F)F)OC/C=N/O. The first-order chi connectivity index (χ1) is 5.45. The molecule has 0 aromatic heterocycles. The molecule has 0 saturated heterocycles. The van der Waals surface area contributed by atoms with E-state index in [1.165, 1.54) is 0 Å². The molecule has 0 fully saturated rings. The number of ether oxygens (including phenoxy) is 1. The Balaban J connectivity index is 3.61. The molecule has 0 amide bonds. The molecule has 0 aromatic rings. The van der Waals surface area contributed by atoms with Gasteiger partial charge in [0.1, 0.15) is 13.0 Å². The standard InChI is InChI=1S/C5H6F3NO3/c6-5(7,8)3-4(10)12-2-1-9-11/h1,11H,2-3H2/b9-1+. The van der Waals surface area contributed by atoms with Crippen molar-refractivity contribution in [2.24, 2.45) is 5.16 Å². The molecule has 0 aliphatic carbocycles. The molecular formula is C5H6F3NO3. The molecule has 70 valence electrons. The van der Waals surface area contributed by atoms with Crippen molar-refractivity contribution in [3.05, 3.63) is 0 Å². The van der Waals surface area contributed by atoms with E-state index in [2.05, 4.69) is 9.89 Å². The van der Waals surface area contributed by atoms with E-state index in [9.17, 15) is 18.0 Å². The number of hydrogen-bond donors (Lipinski definition) is 1. The molecule has 0 heterocycles. The smallest absolute Gasteiger partial charge is 0.399 e. The maximum absolute atomic E-state index is 11.4. The molecule has 7 heteroatoms. The zero-order valence-corrected chi connectivity index (χ0v) is 5.84. The van der Waals surface area contributed by atoms with Crippen molar-refractivity contribution in [1.82, 2.24) is 0 Å². The summed E-state index contributed by atoms with van der Waals surface area (Å²) in [5.41, 5.74) is 0. The van der Waals surface area contributed by atoms with Crippen molar-refractivity contribution in [3.8, 4) is 0 Å². The molecule has 0 bridgehead atoms. The van der Waals surface area contributed by atoms with Gasteiger partial charge in [-0.25, -0.2) is 0 Å². The summed E-state index contributed by atoms with van der Waals surface area (Å²) in [4.78, 5) is 10.2. The Hall–Kier alpha value is -1.27. The zero-order valence-electron chi connectivity index (χ0n) is 5.84. The van der Waals surface area contributed by atoms with Gasteiger partial charge in [-0.05, 0) is 0 Å². The minimum absolute atomic E-state index is 0.467. The largest absolute Gasteiger partial charge is 0.459 e. The van der Waals surface area contributed by atoms with Crippen LogP contribution in [0.4, 0.5) is 13.2 Å². The third-order valence-electron chi connectivity index (χ3n) is 0.745. The highest BCUT2D eigenvalue weighted by Crippen LogP contribution is 2.19. The summed E-state index contributed by atoms with van der Waals surface area (Å²) >= 11 is 0. The molecule has 0 unspecified atom stereocenters. The second kappa shape index (κ2) is 4.58. The molecule has 0 aliphatic heterocycles. The van der Waals surface area contributed by atoms with Gasteiger partial charge in [0, 0.05) is 0 Å². The van der Waals surface area contributed by atoms with Crippen LogP contribution in [0.25, 0.3) is 0 Å². The summed E-state index contributed by atoms with van der Waals surface area (Å²) in [6.45, 7) is -0.467. The molecule has 0 radical (unpaired) electrons. The van der Waals surface area contributed by atoms with Gasteiger partial charge in [0.25, 0.3) is 0 Å². The van der Waals surface area contributed by atoms with Crippen LogP contribution in [-0.4, -0.2) is 30.2 Å². The van der Waals surface area contributed by atoms with Crippen LogP contribution >= 0.6 is 0 Å². The maximum atomic E-state index is 11.4. The number of oxime groups is 1. The number of alkyl halides is 3. The number of halogens is 3. The predicted molar refractivity (Wildman–Crippen MR) is 31.9 cm³/mol. The molecule has 0 saturated carbocycles. The minimum Gasteiger partial charge on any atom is -0.459 e. The molecular weight excluding hydrogens is 179 g/mol. The summed E-state index contributed by atoms with van der Waals surface area (Å²) in [5.74, 6) is -1.40. The van der Waals surface area contributed by atoms with E-state index in [1.807, 2.05) is 0 Å².